The fourth-order valence-corrected chi connectivity index (χ4v) is 0.557. The number of halogens is 1. The van der Waals surface area contributed by atoms with Crippen LogP contribution in [0.15, 0.2) is 30.3 Å². The molecule has 1 rings (SSSR count). The van der Waals surface area contributed by atoms with Crippen molar-refractivity contribution in [2.45, 2.75) is 0 Å². The number of methoxy groups -OCH3 is 1. The fraction of sp³-hybridized carbons (Fsp3) is 0.143. The normalized spacial score (nSPS) is 7.67. The average Bonchev–Trinajstić information content (AvgIpc) is 1.90. The first-order chi connectivity index (χ1) is 3.93. The minimum atomic E-state index is 0. The van der Waals surface area contributed by atoms with Crippen molar-refractivity contribution in [3.63, 3.8) is 0 Å². The molecule has 0 unspecified atom stereocenters. The molecule has 0 amide bonds. The second-order valence-corrected chi connectivity index (χ2v) is 1.52. The monoisotopic (exact) mass is 188 g/mol. The zero-order chi connectivity index (χ0) is 5.82. The fourth-order valence-electron chi connectivity index (χ4n) is 0.557. The second-order valence-electron chi connectivity index (χ2n) is 1.52. The number of ether oxygens (including phenoxy) is 1. The lowest BCUT2D eigenvalue weighted by molar-refractivity contribution is 0.415. The standard InChI is InChI=1S/C7H8O.BrH/c1-8-7-5-3-2-4-6-7;/h2-6H,1H3;1H. The Kier molecular flexibility index (Phi) is 4.14. The van der Waals surface area contributed by atoms with Gasteiger partial charge in [-0.2, -0.15) is 0 Å². The Morgan fingerprint density at radius 3 is 2.00 bits per heavy atom. The van der Waals surface area contributed by atoms with E-state index in [-0.39, 0.29) is 17.0 Å². The number of hydrogen-bond donors (Lipinski definition) is 0. The van der Waals surface area contributed by atoms with Crippen molar-refractivity contribution in [2.24, 2.45) is 0 Å². The van der Waals surface area contributed by atoms with Gasteiger partial charge in [-0.05, 0) is 12.1 Å². The zero-order valence-electron chi connectivity index (χ0n) is 5.20. The van der Waals surface area contributed by atoms with Gasteiger partial charge in [0.25, 0.3) is 0 Å². The molecule has 1 aromatic rings. The molecule has 0 atom stereocenters. The maximum absolute atomic E-state index is 4.91. The smallest absolute Gasteiger partial charge is 0.118 e. The van der Waals surface area contributed by atoms with Gasteiger partial charge in [-0.15, -0.1) is 17.0 Å². The summed E-state index contributed by atoms with van der Waals surface area (Å²) < 4.78 is 4.91. The largest absolute Gasteiger partial charge is 0.497 e. The summed E-state index contributed by atoms with van der Waals surface area (Å²) in [5.41, 5.74) is 0. The molecular weight excluding hydrogens is 180 g/mol. The Hall–Kier alpha value is -0.500. The van der Waals surface area contributed by atoms with Gasteiger partial charge in [0.05, 0.1) is 7.11 Å². The van der Waals surface area contributed by atoms with Crippen LogP contribution in [0, 0.1) is 0 Å². The van der Waals surface area contributed by atoms with E-state index in [4.69, 9.17) is 4.74 Å². The first-order valence-electron chi connectivity index (χ1n) is 2.52. The van der Waals surface area contributed by atoms with Gasteiger partial charge in [-0.3, -0.25) is 0 Å². The van der Waals surface area contributed by atoms with Crippen molar-refractivity contribution >= 4 is 17.0 Å². The third kappa shape index (κ3) is 2.51. The minimum Gasteiger partial charge on any atom is -0.497 e. The summed E-state index contributed by atoms with van der Waals surface area (Å²) in [5.74, 6) is 0.910. The van der Waals surface area contributed by atoms with Gasteiger partial charge in [0, 0.05) is 0 Å². The van der Waals surface area contributed by atoms with Crippen LogP contribution < -0.4 is 4.74 Å². The quantitative estimate of drug-likeness (QED) is 0.658. The van der Waals surface area contributed by atoms with Crippen molar-refractivity contribution in [1.29, 1.82) is 0 Å². The van der Waals surface area contributed by atoms with Crippen LogP contribution in [0.25, 0.3) is 0 Å². The highest BCUT2D eigenvalue weighted by molar-refractivity contribution is 8.93. The van der Waals surface area contributed by atoms with Crippen LogP contribution in [0.1, 0.15) is 0 Å². The van der Waals surface area contributed by atoms with E-state index >= 15 is 0 Å². The van der Waals surface area contributed by atoms with Crippen LogP contribution in [0.4, 0.5) is 0 Å². The Morgan fingerprint density at radius 1 is 1.11 bits per heavy atom. The molecule has 0 radical (unpaired) electrons. The minimum absolute atomic E-state index is 0. The summed E-state index contributed by atoms with van der Waals surface area (Å²) in [7, 11) is 1.66. The molecule has 0 aliphatic carbocycles. The SMILES string of the molecule is Br.COc1ccccc1. The topological polar surface area (TPSA) is 9.23 Å². The van der Waals surface area contributed by atoms with E-state index in [1.165, 1.54) is 0 Å². The molecule has 0 aromatic heterocycles. The molecule has 0 aliphatic heterocycles. The molecule has 50 valence electrons. The van der Waals surface area contributed by atoms with Gasteiger partial charge in [-0.1, -0.05) is 18.2 Å². The Balaban J connectivity index is 0.000000640. The van der Waals surface area contributed by atoms with Gasteiger partial charge in [0.1, 0.15) is 5.75 Å². The first kappa shape index (κ1) is 8.50. The Labute approximate surface area is 65.4 Å². The molecule has 0 fully saturated rings. The molecule has 0 spiro atoms. The summed E-state index contributed by atoms with van der Waals surface area (Å²) >= 11 is 0. The van der Waals surface area contributed by atoms with Crippen molar-refractivity contribution in [1.82, 2.24) is 0 Å². The molecule has 1 nitrogen and oxygen atoms in total. The van der Waals surface area contributed by atoms with Gasteiger partial charge >= 0.3 is 0 Å². The average molecular weight is 189 g/mol. The van der Waals surface area contributed by atoms with E-state index in [2.05, 4.69) is 0 Å². The zero-order valence-corrected chi connectivity index (χ0v) is 6.92. The van der Waals surface area contributed by atoms with Crippen LogP contribution in [-0.4, -0.2) is 7.11 Å². The van der Waals surface area contributed by atoms with Crippen molar-refractivity contribution in [3.8, 4) is 5.75 Å². The molecule has 2 heteroatoms. The van der Waals surface area contributed by atoms with E-state index in [1.54, 1.807) is 7.11 Å². The van der Waals surface area contributed by atoms with Crippen molar-refractivity contribution < 1.29 is 4.74 Å². The summed E-state index contributed by atoms with van der Waals surface area (Å²) in [4.78, 5) is 0. The predicted octanol–water partition coefficient (Wildman–Crippen LogP) is 2.27. The third-order valence-corrected chi connectivity index (χ3v) is 0.979. The summed E-state index contributed by atoms with van der Waals surface area (Å²) in [6.45, 7) is 0. The molecule has 1 aromatic carbocycles. The number of hydrogen-bond acceptors (Lipinski definition) is 1. The molecule has 0 N–H and O–H groups in total. The molecule has 0 saturated carbocycles. The second kappa shape index (κ2) is 4.39. The van der Waals surface area contributed by atoms with Gasteiger partial charge < -0.3 is 4.74 Å². The van der Waals surface area contributed by atoms with Gasteiger partial charge in [0.15, 0.2) is 0 Å². The van der Waals surface area contributed by atoms with Crippen LogP contribution >= 0.6 is 17.0 Å². The molecule has 0 bridgehead atoms. The first-order valence-corrected chi connectivity index (χ1v) is 2.52. The lowest BCUT2D eigenvalue weighted by Gasteiger charge is -1.93. The van der Waals surface area contributed by atoms with E-state index in [1.807, 2.05) is 30.3 Å². The van der Waals surface area contributed by atoms with Crippen LogP contribution in [0.3, 0.4) is 0 Å². The third-order valence-electron chi connectivity index (χ3n) is 0.979. The van der Waals surface area contributed by atoms with E-state index < -0.39 is 0 Å². The Bertz CT molecular complexity index is 150. The molecule has 0 aliphatic rings. The molecule has 9 heavy (non-hydrogen) atoms. The molecule has 0 saturated heterocycles. The number of rotatable bonds is 1. The lowest BCUT2D eigenvalue weighted by Crippen LogP contribution is -1.78. The highest BCUT2D eigenvalue weighted by atomic mass is 79.9. The van der Waals surface area contributed by atoms with Crippen molar-refractivity contribution in [3.05, 3.63) is 30.3 Å². The summed E-state index contributed by atoms with van der Waals surface area (Å²) in [6.07, 6.45) is 0. The van der Waals surface area contributed by atoms with Crippen molar-refractivity contribution in [2.75, 3.05) is 7.11 Å². The maximum Gasteiger partial charge on any atom is 0.118 e. The summed E-state index contributed by atoms with van der Waals surface area (Å²) in [6, 6.07) is 9.68. The van der Waals surface area contributed by atoms with Gasteiger partial charge in [0.2, 0.25) is 0 Å². The molecule has 0 heterocycles. The molecular formula is C7H9BrO. The number of benzene rings is 1. The highest BCUT2D eigenvalue weighted by Crippen LogP contribution is 2.05. The summed E-state index contributed by atoms with van der Waals surface area (Å²) in [5, 5.41) is 0. The van der Waals surface area contributed by atoms with Crippen LogP contribution in [-0.2, 0) is 0 Å². The van der Waals surface area contributed by atoms with Crippen LogP contribution in [0.5, 0.6) is 5.75 Å². The van der Waals surface area contributed by atoms with E-state index in [0.717, 1.165) is 5.75 Å². The number of para-hydroxylation sites is 1. The van der Waals surface area contributed by atoms with Crippen LogP contribution in [0.2, 0.25) is 0 Å². The lowest BCUT2D eigenvalue weighted by atomic mass is 10.3. The predicted molar refractivity (Wildman–Crippen MR) is 43.3 cm³/mol. The maximum atomic E-state index is 4.91. The van der Waals surface area contributed by atoms with Gasteiger partial charge in [-0.25, -0.2) is 0 Å². The Morgan fingerprint density at radius 2 is 1.67 bits per heavy atom. The van der Waals surface area contributed by atoms with E-state index in [0.29, 0.717) is 0 Å². The highest BCUT2D eigenvalue weighted by Gasteiger charge is 1.80. The van der Waals surface area contributed by atoms with E-state index in [9.17, 15) is 0 Å².